The summed E-state index contributed by atoms with van der Waals surface area (Å²) in [5, 5.41) is 0. The lowest BCUT2D eigenvalue weighted by atomic mass is 10.3. The van der Waals surface area contributed by atoms with E-state index < -0.39 is 11.2 Å². The second kappa shape index (κ2) is 5.94. The maximum atomic E-state index is 12.3. The van der Waals surface area contributed by atoms with Gasteiger partial charge in [0.2, 0.25) is 5.78 Å². The SMILES string of the molecule is CCN(CC)CCn1c(C)c(C)n2c3c(=O)[nH]c(=O)n(C)c3nc12. The zero-order chi connectivity index (χ0) is 17.6. The van der Waals surface area contributed by atoms with Crippen molar-refractivity contribution in [2.45, 2.75) is 34.2 Å². The van der Waals surface area contributed by atoms with Crippen molar-refractivity contribution in [1.82, 2.24) is 28.4 Å². The highest BCUT2D eigenvalue weighted by Gasteiger charge is 2.20. The third-order valence-electron chi connectivity index (χ3n) is 4.94. The summed E-state index contributed by atoms with van der Waals surface area (Å²) in [5.74, 6) is 0.707. The minimum absolute atomic E-state index is 0.399. The average molecular weight is 332 g/mol. The molecular weight excluding hydrogens is 308 g/mol. The quantitative estimate of drug-likeness (QED) is 0.743. The number of aromatic amines is 1. The van der Waals surface area contributed by atoms with E-state index in [9.17, 15) is 9.59 Å². The lowest BCUT2D eigenvalue weighted by Crippen LogP contribution is -2.28. The highest BCUT2D eigenvalue weighted by Crippen LogP contribution is 2.20. The fourth-order valence-corrected chi connectivity index (χ4v) is 3.23. The van der Waals surface area contributed by atoms with Gasteiger partial charge in [0, 0.05) is 31.5 Å². The second-order valence-electron chi connectivity index (χ2n) is 6.09. The van der Waals surface area contributed by atoms with Gasteiger partial charge in [0.1, 0.15) is 0 Å². The highest BCUT2D eigenvalue weighted by molar-refractivity contribution is 5.76. The zero-order valence-corrected chi connectivity index (χ0v) is 14.9. The van der Waals surface area contributed by atoms with Crippen molar-refractivity contribution >= 4 is 16.9 Å². The first kappa shape index (κ1) is 16.5. The molecule has 0 spiro atoms. The van der Waals surface area contributed by atoms with Gasteiger partial charge in [-0.05, 0) is 26.9 Å². The normalized spacial score (nSPS) is 12.1. The van der Waals surface area contributed by atoms with Crippen LogP contribution in [0.2, 0.25) is 0 Å². The largest absolute Gasteiger partial charge is 0.329 e. The number of hydrogen-bond donors (Lipinski definition) is 1. The van der Waals surface area contributed by atoms with Gasteiger partial charge in [-0.3, -0.25) is 18.7 Å². The molecule has 0 amide bonds. The first-order valence-corrected chi connectivity index (χ1v) is 8.30. The summed E-state index contributed by atoms with van der Waals surface area (Å²) in [7, 11) is 1.62. The standard InChI is InChI=1S/C16H24N6O2/c1-6-20(7-2)8-9-21-10(3)11(4)22-12-13(17-15(21)22)19(5)16(24)18-14(12)23/h6-9H2,1-5H3,(H,18,23,24). The van der Waals surface area contributed by atoms with E-state index in [4.69, 9.17) is 0 Å². The van der Waals surface area contributed by atoms with Crippen LogP contribution in [0.4, 0.5) is 0 Å². The molecule has 8 heteroatoms. The Morgan fingerprint density at radius 1 is 1.12 bits per heavy atom. The summed E-state index contributed by atoms with van der Waals surface area (Å²) >= 11 is 0. The predicted molar refractivity (Wildman–Crippen MR) is 93.8 cm³/mol. The average Bonchev–Trinajstić information content (AvgIpc) is 3.05. The van der Waals surface area contributed by atoms with Crippen LogP contribution in [0.15, 0.2) is 9.59 Å². The number of H-pyrrole nitrogens is 1. The van der Waals surface area contributed by atoms with E-state index in [1.165, 1.54) is 4.57 Å². The molecule has 0 bridgehead atoms. The molecule has 3 aromatic heterocycles. The van der Waals surface area contributed by atoms with Crippen molar-refractivity contribution < 1.29 is 0 Å². The number of rotatable bonds is 5. The molecule has 0 saturated carbocycles. The fraction of sp³-hybridized carbons (Fsp3) is 0.562. The minimum atomic E-state index is -0.447. The number of hydrogen-bond acceptors (Lipinski definition) is 4. The second-order valence-corrected chi connectivity index (χ2v) is 6.09. The summed E-state index contributed by atoms with van der Waals surface area (Å²) in [6.07, 6.45) is 0. The van der Waals surface area contributed by atoms with Crippen LogP contribution < -0.4 is 11.2 Å². The molecule has 0 unspecified atom stereocenters. The number of nitrogens with one attached hydrogen (secondary N) is 1. The summed E-state index contributed by atoms with van der Waals surface area (Å²) in [6.45, 7) is 12.0. The summed E-state index contributed by atoms with van der Waals surface area (Å²) in [4.78, 5) is 33.4. The van der Waals surface area contributed by atoms with Crippen LogP contribution in [0.3, 0.4) is 0 Å². The molecule has 0 aliphatic carbocycles. The van der Waals surface area contributed by atoms with Crippen LogP contribution in [0.25, 0.3) is 16.9 Å². The summed E-state index contributed by atoms with van der Waals surface area (Å²) in [5.41, 5.74) is 2.05. The number of fused-ring (bicyclic) bond motifs is 3. The summed E-state index contributed by atoms with van der Waals surface area (Å²) < 4.78 is 5.36. The molecule has 3 rings (SSSR count). The van der Waals surface area contributed by atoms with Crippen molar-refractivity contribution in [2.75, 3.05) is 19.6 Å². The first-order chi connectivity index (χ1) is 11.4. The molecule has 3 heterocycles. The van der Waals surface area contributed by atoms with Crippen LogP contribution >= 0.6 is 0 Å². The van der Waals surface area contributed by atoms with Gasteiger partial charge in [-0.15, -0.1) is 0 Å². The molecule has 0 saturated heterocycles. The smallest absolute Gasteiger partial charge is 0.313 e. The Bertz CT molecular complexity index is 1020. The molecule has 0 aromatic carbocycles. The molecular formula is C16H24N6O2. The van der Waals surface area contributed by atoms with Crippen LogP contribution in [0.1, 0.15) is 25.2 Å². The van der Waals surface area contributed by atoms with Crippen LogP contribution in [-0.2, 0) is 13.6 Å². The maximum Gasteiger partial charge on any atom is 0.329 e. The Labute approximate surface area is 139 Å². The van der Waals surface area contributed by atoms with Gasteiger partial charge < -0.3 is 9.47 Å². The number of aromatic nitrogens is 5. The highest BCUT2D eigenvalue weighted by atomic mass is 16.2. The van der Waals surface area contributed by atoms with Gasteiger partial charge in [0.15, 0.2) is 11.2 Å². The lowest BCUT2D eigenvalue weighted by molar-refractivity contribution is 0.291. The predicted octanol–water partition coefficient (Wildman–Crippen LogP) is 0.635. The van der Waals surface area contributed by atoms with E-state index >= 15 is 0 Å². The Hall–Kier alpha value is -2.35. The Balaban J connectivity index is 2.25. The van der Waals surface area contributed by atoms with Crippen LogP contribution in [0.5, 0.6) is 0 Å². The van der Waals surface area contributed by atoms with Gasteiger partial charge >= 0.3 is 5.69 Å². The van der Waals surface area contributed by atoms with E-state index in [-0.39, 0.29) is 0 Å². The van der Waals surface area contributed by atoms with Gasteiger partial charge in [-0.25, -0.2) is 4.79 Å². The fourth-order valence-electron chi connectivity index (χ4n) is 3.23. The monoisotopic (exact) mass is 332 g/mol. The third kappa shape index (κ3) is 2.29. The van der Waals surface area contributed by atoms with Crippen molar-refractivity contribution in [3.63, 3.8) is 0 Å². The number of imidazole rings is 2. The molecule has 8 nitrogen and oxygen atoms in total. The van der Waals surface area contributed by atoms with E-state index in [1.807, 2.05) is 18.2 Å². The van der Waals surface area contributed by atoms with Gasteiger partial charge in [0.05, 0.1) is 0 Å². The van der Waals surface area contributed by atoms with E-state index in [2.05, 4.69) is 33.3 Å². The molecule has 130 valence electrons. The van der Waals surface area contributed by atoms with Crippen molar-refractivity contribution in [3.8, 4) is 0 Å². The van der Waals surface area contributed by atoms with E-state index in [1.54, 1.807) is 7.05 Å². The van der Waals surface area contributed by atoms with E-state index in [0.29, 0.717) is 16.9 Å². The topological polar surface area (TPSA) is 80.3 Å². The Kier molecular flexibility index (Phi) is 4.08. The van der Waals surface area contributed by atoms with Gasteiger partial charge in [0.25, 0.3) is 5.56 Å². The molecule has 0 radical (unpaired) electrons. The number of nitrogens with zero attached hydrogens (tertiary/aromatic N) is 5. The van der Waals surface area contributed by atoms with Crippen molar-refractivity contribution in [3.05, 3.63) is 32.2 Å². The Morgan fingerprint density at radius 3 is 2.42 bits per heavy atom. The van der Waals surface area contributed by atoms with E-state index in [0.717, 1.165) is 37.6 Å². The molecule has 1 N–H and O–H groups in total. The van der Waals surface area contributed by atoms with Crippen LogP contribution in [0, 0.1) is 13.8 Å². The molecule has 0 fully saturated rings. The molecule has 3 aromatic rings. The third-order valence-corrected chi connectivity index (χ3v) is 4.94. The minimum Gasteiger partial charge on any atom is -0.313 e. The number of aryl methyl sites for hydroxylation is 2. The van der Waals surface area contributed by atoms with Crippen molar-refractivity contribution in [1.29, 1.82) is 0 Å². The van der Waals surface area contributed by atoms with Crippen molar-refractivity contribution in [2.24, 2.45) is 7.05 Å². The first-order valence-electron chi connectivity index (χ1n) is 8.30. The number of likely N-dealkylation sites (N-methyl/N-ethyl adjacent to an activating group) is 1. The van der Waals surface area contributed by atoms with Gasteiger partial charge in [-0.1, -0.05) is 13.8 Å². The van der Waals surface area contributed by atoms with Gasteiger partial charge in [-0.2, -0.15) is 4.98 Å². The molecule has 0 aliphatic heterocycles. The van der Waals surface area contributed by atoms with Crippen LogP contribution in [-0.4, -0.2) is 48.0 Å². The Morgan fingerprint density at radius 2 is 1.79 bits per heavy atom. The summed E-state index contributed by atoms with van der Waals surface area (Å²) in [6, 6.07) is 0. The lowest BCUT2D eigenvalue weighted by Gasteiger charge is -2.18. The molecule has 24 heavy (non-hydrogen) atoms. The maximum absolute atomic E-state index is 12.3. The zero-order valence-electron chi connectivity index (χ0n) is 14.9. The molecule has 0 atom stereocenters. The molecule has 0 aliphatic rings.